The van der Waals surface area contributed by atoms with Crippen LogP contribution in [0.4, 0.5) is 15.9 Å². The zero-order valence-electron chi connectivity index (χ0n) is 10.9. The zero-order valence-corrected chi connectivity index (χ0v) is 10.9. The SMILES string of the molecule is [B]c1cc(N=C(NO)c2nonc2NCCN)ccc1F. The number of rotatable bonds is 5. The van der Waals surface area contributed by atoms with E-state index < -0.39 is 5.82 Å². The largest absolute Gasteiger partial charge is 0.364 e. The van der Waals surface area contributed by atoms with Gasteiger partial charge in [0.15, 0.2) is 11.5 Å². The Bertz CT molecular complexity index is 647. The number of halogens is 1. The van der Waals surface area contributed by atoms with Crippen LogP contribution in [0.2, 0.25) is 0 Å². The van der Waals surface area contributed by atoms with Gasteiger partial charge in [-0.1, -0.05) is 5.46 Å². The Hall–Kier alpha value is -2.46. The predicted molar refractivity (Wildman–Crippen MR) is 74.7 cm³/mol. The maximum Gasteiger partial charge on any atom is 0.202 e. The number of hydrogen-bond donors (Lipinski definition) is 4. The molecule has 0 bridgehead atoms. The average Bonchev–Trinajstić information content (AvgIpc) is 2.94. The summed E-state index contributed by atoms with van der Waals surface area (Å²) in [6.07, 6.45) is 0. The molecular formula is C11H12BFN6O2. The van der Waals surface area contributed by atoms with Crippen molar-refractivity contribution in [2.24, 2.45) is 10.7 Å². The van der Waals surface area contributed by atoms with E-state index in [-0.39, 0.29) is 22.8 Å². The van der Waals surface area contributed by atoms with E-state index in [1.54, 1.807) is 0 Å². The Morgan fingerprint density at radius 1 is 1.48 bits per heavy atom. The maximum absolute atomic E-state index is 13.1. The molecule has 108 valence electrons. The van der Waals surface area contributed by atoms with Crippen molar-refractivity contribution in [2.45, 2.75) is 0 Å². The number of aliphatic imine (C=N–C) groups is 1. The van der Waals surface area contributed by atoms with E-state index in [0.717, 1.165) is 6.07 Å². The molecule has 1 aromatic heterocycles. The highest BCUT2D eigenvalue weighted by atomic mass is 19.1. The first-order valence-electron chi connectivity index (χ1n) is 5.96. The molecule has 2 radical (unpaired) electrons. The highest BCUT2D eigenvalue weighted by molar-refractivity contribution is 6.32. The lowest BCUT2D eigenvalue weighted by molar-refractivity contribution is 0.234. The molecule has 0 saturated heterocycles. The number of aromatic nitrogens is 2. The highest BCUT2D eigenvalue weighted by Gasteiger charge is 2.16. The summed E-state index contributed by atoms with van der Waals surface area (Å²) < 4.78 is 17.7. The third kappa shape index (κ3) is 3.55. The Kier molecular flexibility index (Phi) is 4.85. The second-order valence-electron chi connectivity index (χ2n) is 3.95. The first-order chi connectivity index (χ1) is 10.2. The summed E-state index contributed by atoms with van der Waals surface area (Å²) in [5, 5.41) is 19.3. The number of benzene rings is 1. The van der Waals surface area contributed by atoms with Crippen LogP contribution in [0, 0.1) is 5.82 Å². The van der Waals surface area contributed by atoms with Crippen molar-refractivity contribution < 1.29 is 14.2 Å². The lowest BCUT2D eigenvalue weighted by Gasteiger charge is -2.05. The Balaban J connectivity index is 2.32. The molecule has 0 aliphatic rings. The van der Waals surface area contributed by atoms with Crippen LogP contribution in [0.25, 0.3) is 0 Å². The number of anilines is 1. The first kappa shape index (κ1) is 14.9. The predicted octanol–water partition coefficient (Wildman–Crippen LogP) is -0.570. The molecule has 0 aliphatic heterocycles. The van der Waals surface area contributed by atoms with Gasteiger partial charge >= 0.3 is 0 Å². The summed E-state index contributed by atoms with van der Waals surface area (Å²) in [7, 11) is 5.45. The summed E-state index contributed by atoms with van der Waals surface area (Å²) in [4.78, 5) is 4.07. The molecule has 0 spiro atoms. The van der Waals surface area contributed by atoms with Gasteiger partial charge < -0.3 is 11.1 Å². The molecule has 0 amide bonds. The minimum Gasteiger partial charge on any atom is -0.364 e. The van der Waals surface area contributed by atoms with Crippen LogP contribution in [0.3, 0.4) is 0 Å². The van der Waals surface area contributed by atoms with Gasteiger partial charge in [0.05, 0.1) is 5.69 Å². The molecule has 1 aromatic carbocycles. The number of nitrogens with two attached hydrogens (primary N) is 1. The van der Waals surface area contributed by atoms with Gasteiger partial charge in [0, 0.05) is 13.1 Å². The summed E-state index contributed by atoms with van der Waals surface area (Å²) in [5.41, 5.74) is 7.66. The minimum atomic E-state index is -0.555. The Morgan fingerprint density at radius 2 is 2.29 bits per heavy atom. The monoisotopic (exact) mass is 290 g/mol. The minimum absolute atomic E-state index is 0.0400. The molecule has 0 atom stereocenters. The molecule has 0 unspecified atom stereocenters. The zero-order chi connectivity index (χ0) is 15.2. The van der Waals surface area contributed by atoms with Gasteiger partial charge in [-0.05, 0) is 28.5 Å². The number of nitrogens with zero attached hydrogens (tertiary/aromatic N) is 3. The van der Waals surface area contributed by atoms with Gasteiger partial charge in [-0.2, -0.15) is 0 Å². The fourth-order valence-electron chi connectivity index (χ4n) is 1.51. The van der Waals surface area contributed by atoms with Gasteiger partial charge in [0.25, 0.3) is 0 Å². The number of hydroxylamine groups is 1. The van der Waals surface area contributed by atoms with E-state index in [9.17, 15) is 9.60 Å². The van der Waals surface area contributed by atoms with Crippen LogP contribution >= 0.6 is 0 Å². The van der Waals surface area contributed by atoms with Gasteiger partial charge in [-0.15, -0.1) is 0 Å². The lowest BCUT2D eigenvalue weighted by atomic mass is 9.95. The van der Waals surface area contributed by atoms with Crippen LogP contribution < -0.4 is 22.0 Å². The molecule has 0 saturated carbocycles. The van der Waals surface area contributed by atoms with E-state index in [1.165, 1.54) is 12.1 Å². The normalized spacial score (nSPS) is 11.5. The van der Waals surface area contributed by atoms with Crippen LogP contribution in [-0.2, 0) is 0 Å². The standard InChI is InChI=1S/C11H12BFN6O2/c12-7-5-6(1-2-8(7)13)16-11(17-20)9-10(15-4-3-14)19-21-18-9/h1-2,5,20H,3-4,14H2,(H,15,19)(H,16,17). The van der Waals surface area contributed by atoms with Crippen LogP contribution in [0.15, 0.2) is 27.8 Å². The lowest BCUT2D eigenvalue weighted by Crippen LogP contribution is -2.23. The van der Waals surface area contributed by atoms with Crippen molar-refractivity contribution in [3.8, 4) is 0 Å². The Morgan fingerprint density at radius 3 is 2.95 bits per heavy atom. The molecule has 5 N–H and O–H groups in total. The maximum atomic E-state index is 13.1. The first-order valence-corrected chi connectivity index (χ1v) is 5.96. The molecule has 2 aromatic rings. The quantitative estimate of drug-likeness (QED) is 0.252. The van der Waals surface area contributed by atoms with Crippen LogP contribution in [0.1, 0.15) is 5.69 Å². The second kappa shape index (κ2) is 6.82. The fourth-order valence-corrected chi connectivity index (χ4v) is 1.51. The van der Waals surface area contributed by atoms with Gasteiger partial charge in [-0.3, -0.25) is 10.7 Å². The second-order valence-corrected chi connectivity index (χ2v) is 3.95. The average molecular weight is 290 g/mol. The van der Waals surface area contributed by atoms with Crippen molar-refractivity contribution in [3.63, 3.8) is 0 Å². The summed E-state index contributed by atoms with van der Waals surface area (Å²) in [5.74, 6) is -0.335. The molecule has 10 heteroatoms. The van der Waals surface area contributed by atoms with Crippen LogP contribution in [-0.4, -0.2) is 42.3 Å². The third-order valence-corrected chi connectivity index (χ3v) is 2.48. The smallest absolute Gasteiger partial charge is 0.202 e. The topological polar surface area (TPSA) is 122 Å². The number of amidine groups is 1. The molecular weight excluding hydrogens is 278 g/mol. The van der Waals surface area contributed by atoms with Crippen molar-refractivity contribution in [3.05, 3.63) is 29.7 Å². The van der Waals surface area contributed by atoms with E-state index in [0.29, 0.717) is 18.8 Å². The summed E-state index contributed by atoms with van der Waals surface area (Å²) >= 11 is 0. The molecule has 21 heavy (non-hydrogen) atoms. The van der Waals surface area contributed by atoms with Crippen molar-refractivity contribution >= 4 is 30.6 Å². The summed E-state index contributed by atoms with van der Waals surface area (Å²) in [6.45, 7) is 0.809. The molecule has 0 fully saturated rings. The van der Waals surface area contributed by atoms with Crippen molar-refractivity contribution in [2.75, 3.05) is 18.4 Å². The molecule has 8 nitrogen and oxygen atoms in total. The number of hydrogen-bond acceptors (Lipinski definition) is 7. The molecule has 1 heterocycles. The highest BCUT2D eigenvalue weighted by Crippen LogP contribution is 2.15. The molecule has 0 aliphatic carbocycles. The van der Waals surface area contributed by atoms with Crippen molar-refractivity contribution in [1.82, 2.24) is 15.8 Å². The number of nitrogens with one attached hydrogen (secondary N) is 2. The van der Waals surface area contributed by atoms with E-state index in [1.807, 2.05) is 5.48 Å². The Labute approximate surface area is 120 Å². The van der Waals surface area contributed by atoms with Crippen molar-refractivity contribution in [1.29, 1.82) is 0 Å². The third-order valence-electron chi connectivity index (χ3n) is 2.48. The van der Waals surface area contributed by atoms with Crippen LogP contribution in [0.5, 0.6) is 0 Å². The van der Waals surface area contributed by atoms with Gasteiger partial charge in [0.1, 0.15) is 13.7 Å². The van der Waals surface area contributed by atoms with Gasteiger partial charge in [-0.25, -0.2) is 14.0 Å². The van der Waals surface area contributed by atoms with E-state index >= 15 is 0 Å². The van der Waals surface area contributed by atoms with Gasteiger partial charge in [0.2, 0.25) is 5.82 Å². The fraction of sp³-hybridized carbons (Fsp3) is 0.182. The van der Waals surface area contributed by atoms with E-state index in [2.05, 4.69) is 25.3 Å². The summed E-state index contributed by atoms with van der Waals surface area (Å²) in [6, 6.07) is 3.87. The van der Waals surface area contributed by atoms with E-state index in [4.69, 9.17) is 13.6 Å². The molecule has 2 rings (SSSR count).